The number of benzene rings is 1. The lowest BCUT2D eigenvalue weighted by Gasteiger charge is -2.60. The number of carbonyl (C=O) groups is 3. The largest absolute Gasteiger partial charge is 0.511 e. The summed E-state index contributed by atoms with van der Waals surface area (Å²) >= 11 is 0. The lowest BCUT2D eigenvalue weighted by molar-refractivity contribution is -0.144. The molecule has 1 aromatic rings. The van der Waals surface area contributed by atoms with Gasteiger partial charge in [-0.1, -0.05) is 13.8 Å². The third kappa shape index (κ3) is 4.16. The average Bonchev–Trinajstić information content (AvgIpc) is 2.90. The van der Waals surface area contributed by atoms with Gasteiger partial charge < -0.3 is 36.0 Å². The highest BCUT2D eigenvalue weighted by molar-refractivity contribution is 6.24. The minimum absolute atomic E-state index is 0.0428. The van der Waals surface area contributed by atoms with Crippen LogP contribution in [0.3, 0.4) is 0 Å². The Bertz CT molecular complexity index is 1510. The second-order valence-corrected chi connectivity index (χ2v) is 14.5. The van der Waals surface area contributed by atoms with Crippen LogP contribution in [-0.4, -0.2) is 76.1 Å². The van der Waals surface area contributed by atoms with Gasteiger partial charge in [0.05, 0.1) is 5.56 Å². The Hall–Kier alpha value is -3.37. The zero-order chi connectivity index (χ0) is 31.3. The number of rotatable bonds is 6. The lowest BCUT2D eigenvalue weighted by Crippen LogP contribution is -2.57. The maximum absolute atomic E-state index is 14.0. The number of nitrogens with zero attached hydrogens (tertiary/aromatic N) is 2. The number of nitrogens with two attached hydrogens (primary N) is 1. The van der Waals surface area contributed by atoms with E-state index in [0.717, 1.165) is 29.6 Å². The normalized spacial score (nSPS) is 32.7. The van der Waals surface area contributed by atoms with E-state index in [-0.39, 0.29) is 36.1 Å². The predicted molar refractivity (Wildman–Crippen MR) is 160 cm³/mol. The molecule has 0 aromatic heterocycles. The fourth-order valence-corrected chi connectivity index (χ4v) is 9.36. The molecule has 0 heterocycles. The summed E-state index contributed by atoms with van der Waals surface area (Å²) in [5, 5.41) is 44.5. The van der Waals surface area contributed by atoms with Crippen molar-refractivity contribution in [3.8, 4) is 5.75 Å². The molecule has 6 atom stereocenters. The molecule has 6 aliphatic carbocycles. The van der Waals surface area contributed by atoms with Crippen molar-refractivity contribution in [2.24, 2.45) is 40.7 Å². The number of phenols is 1. The van der Waals surface area contributed by atoms with Gasteiger partial charge in [0.2, 0.25) is 5.78 Å². The third-order valence-electron chi connectivity index (χ3n) is 11.5. The first-order chi connectivity index (χ1) is 20.1. The number of aliphatic hydroxyl groups is 3. The molecule has 6 N–H and O–H groups in total. The fourth-order valence-electron chi connectivity index (χ4n) is 9.36. The summed E-state index contributed by atoms with van der Waals surface area (Å²) in [5.41, 5.74) is 4.63. The molecule has 6 aliphatic rings. The summed E-state index contributed by atoms with van der Waals surface area (Å²) < 4.78 is 0. The number of aliphatic hydroxyl groups excluding tert-OH is 2. The standard InChI is InChI=1S/C33H43N3O7/c1-32(2)18-7-6-15(21(32)11-18)13-36(5)14-17-10-22(37)25-20(27(17)35(3)4)9-16-8-19-12-23(38)26(31(34)42)30(41)33(19,43)29(40)24(16)28(25)39/h10,15-16,18-19,21,37-38,40,43H,6-9,11-14H2,1-5H3,(H2,34,42)/t15-,16?,18?,19+,21?,33+/m1/s1. The third-order valence-corrected chi connectivity index (χ3v) is 11.5. The first kappa shape index (κ1) is 29.7. The molecule has 0 aliphatic heterocycles. The molecule has 232 valence electrons. The van der Waals surface area contributed by atoms with Gasteiger partial charge in [0.1, 0.15) is 22.8 Å². The molecule has 10 nitrogen and oxygen atoms in total. The Morgan fingerprint density at radius 2 is 1.74 bits per heavy atom. The van der Waals surface area contributed by atoms with E-state index in [1.54, 1.807) is 6.07 Å². The summed E-state index contributed by atoms with van der Waals surface area (Å²) in [7, 11) is 5.89. The number of Topliss-reactive ketones (excluding diaryl/α,β-unsaturated/α-hetero) is 2. The maximum Gasteiger partial charge on any atom is 0.255 e. The highest BCUT2D eigenvalue weighted by Gasteiger charge is 2.60. The molecule has 1 aromatic carbocycles. The Labute approximate surface area is 251 Å². The van der Waals surface area contributed by atoms with E-state index in [0.29, 0.717) is 23.4 Å². The second kappa shape index (κ2) is 9.82. The number of anilines is 1. The van der Waals surface area contributed by atoms with E-state index < -0.39 is 52.0 Å². The van der Waals surface area contributed by atoms with Crippen LogP contribution in [0, 0.1) is 35.0 Å². The van der Waals surface area contributed by atoms with Gasteiger partial charge in [0, 0.05) is 50.8 Å². The van der Waals surface area contributed by atoms with Crippen LogP contribution in [0.15, 0.2) is 28.7 Å². The van der Waals surface area contributed by atoms with E-state index >= 15 is 0 Å². The van der Waals surface area contributed by atoms with E-state index in [4.69, 9.17) is 5.73 Å². The number of carbonyl (C=O) groups excluding carboxylic acids is 3. The van der Waals surface area contributed by atoms with Crippen LogP contribution in [0.2, 0.25) is 0 Å². The van der Waals surface area contributed by atoms with Crippen LogP contribution in [0.5, 0.6) is 5.75 Å². The van der Waals surface area contributed by atoms with Crippen LogP contribution >= 0.6 is 0 Å². The van der Waals surface area contributed by atoms with Crippen LogP contribution in [0.1, 0.15) is 67.4 Å². The smallest absolute Gasteiger partial charge is 0.255 e. The molecule has 0 spiro atoms. The number of ketones is 2. The Morgan fingerprint density at radius 3 is 2.35 bits per heavy atom. The van der Waals surface area contributed by atoms with Crippen molar-refractivity contribution in [1.29, 1.82) is 0 Å². The van der Waals surface area contributed by atoms with Crippen LogP contribution in [0.25, 0.3) is 0 Å². The Kier molecular flexibility index (Phi) is 6.78. The molecule has 0 saturated heterocycles. The predicted octanol–water partition coefficient (Wildman–Crippen LogP) is 3.15. The monoisotopic (exact) mass is 593 g/mol. The van der Waals surface area contributed by atoms with Crippen LogP contribution < -0.4 is 10.6 Å². The van der Waals surface area contributed by atoms with Crippen LogP contribution in [-0.2, 0) is 22.6 Å². The number of allylic oxidation sites excluding steroid dienone is 2. The van der Waals surface area contributed by atoms with Crippen LogP contribution in [0.4, 0.5) is 5.69 Å². The lowest BCUT2D eigenvalue weighted by atomic mass is 9.45. The zero-order valence-electron chi connectivity index (χ0n) is 25.6. The molecule has 0 radical (unpaired) electrons. The SMILES string of the molecule is CN(Cc1cc(O)c2c(c1N(C)C)CC1C[C@H]3CC(O)=C(C(N)=O)C(=O)[C@@]3(O)C(O)=C1C2=O)C[C@H]1CCC2CC1C2(C)C. The van der Waals surface area contributed by atoms with Crippen molar-refractivity contribution < 1.29 is 34.8 Å². The molecule has 43 heavy (non-hydrogen) atoms. The van der Waals surface area contributed by atoms with Crippen molar-refractivity contribution in [2.75, 3.05) is 32.6 Å². The number of fused-ring (bicyclic) bond motifs is 5. The summed E-state index contributed by atoms with van der Waals surface area (Å²) in [5.74, 6) is -4.01. The van der Waals surface area contributed by atoms with E-state index in [9.17, 15) is 34.8 Å². The highest BCUT2D eigenvalue weighted by Crippen LogP contribution is 2.61. The first-order valence-electron chi connectivity index (χ1n) is 15.3. The van der Waals surface area contributed by atoms with Gasteiger partial charge in [-0.05, 0) is 85.4 Å². The van der Waals surface area contributed by atoms with Gasteiger partial charge in [0.15, 0.2) is 11.4 Å². The van der Waals surface area contributed by atoms with E-state index in [1.807, 2.05) is 19.0 Å². The molecule has 10 heteroatoms. The molecule has 2 bridgehead atoms. The Morgan fingerprint density at radius 1 is 1.05 bits per heavy atom. The fraction of sp³-hybridized carbons (Fsp3) is 0.606. The van der Waals surface area contributed by atoms with Crippen molar-refractivity contribution in [3.63, 3.8) is 0 Å². The van der Waals surface area contributed by atoms with Gasteiger partial charge in [0.25, 0.3) is 5.91 Å². The van der Waals surface area contributed by atoms with Gasteiger partial charge in [-0.25, -0.2) is 0 Å². The quantitative estimate of drug-likeness (QED) is 0.312. The molecular formula is C33H43N3O7. The van der Waals surface area contributed by atoms with Gasteiger partial charge in [-0.3, -0.25) is 14.4 Å². The van der Waals surface area contributed by atoms with Gasteiger partial charge in [-0.2, -0.15) is 0 Å². The molecule has 3 unspecified atom stereocenters. The average molecular weight is 594 g/mol. The molecular weight excluding hydrogens is 550 g/mol. The van der Waals surface area contributed by atoms with Crippen molar-refractivity contribution in [3.05, 3.63) is 45.4 Å². The highest BCUT2D eigenvalue weighted by atomic mass is 16.3. The van der Waals surface area contributed by atoms with E-state index in [1.165, 1.54) is 19.3 Å². The number of hydrogen-bond acceptors (Lipinski definition) is 9. The maximum atomic E-state index is 14.0. The summed E-state index contributed by atoms with van der Waals surface area (Å²) in [6, 6.07) is 1.61. The summed E-state index contributed by atoms with van der Waals surface area (Å²) in [6.07, 6.45) is 3.96. The number of aromatic hydroxyl groups is 1. The van der Waals surface area contributed by atoms with Crippen molar-refractivity contribution in [2.45, 2.75) is 64.5 Å². The molecule has 3 saturated carbocycles. The first-order valence-corrected chi connectivity index (χ1v) is 15.3. The zero-order valence-corrected chi connectivity index (χ0v) is 25.6. The second-order valence-electron chi connectivity index (χ2n) is 14.5. The minimum atomic E-state index is -2.56. The van der Waals surface area contributed by atoms with E-state index in [2.05, 4.69) is 25.8 Å². The number of phenolic OH excluding ortho intramolecular Hbond substituents is 1. The number of primary amides is 1. The molecule has 3 fully saturated rings. The number of hydrogen-bond donors (Lipinski definition) is 5. The Balaban J connectivity index is 1.35. The summed E-state index contributed by atoms with van der Waals surface area (Å²) in [6.45, 7) is 6.32. The van der Waals surface area contributed by atoms with Crippen molar-refractivity contribution >= 4 is 23.2 Å². The molecule has 1 amide bonds. The summed E-state index contributed by atoms with van der Waals surface area (Å²) in [4.78, 5) is 43.3. The molecule has 7 rings (SSSR count). The minimum Gasteiger partial charge on any atom is -0.511 e. The topological polar surface area (TPSA) is 165 Å². The van der Waals surface area contributed by atoms with Crippen molar-refractivity contribution in [1.82, 2.24) is 4.90 Å². The van der Waals surface area contributed by atoms with Gasteiger partial charge in [-0.15, -0.1) is 0 Å². The van der Waals surface area contributed by atoms with Gasteiger partial charge >= 0.3 is 0 Å². The number of amides is 1.